The number of carbonyl (C=O) groups excluding carboxylic acids is 1. The topological polar surface area (TPSA) is 90.3 Å². The largest absolute Gasteiger partial charge is 0.383 e. The molecule has 2 N–H and O–H groups in total. The zero-order chi connectivity index (χ0) is 16.8. The second-order valence-electron chi connectivity index (χ2n) is 5.60. The molecule has 0 atom stereocenters. The van der Waals surface area contributed by atoms with Gasteiger partial charge in [-0.3, -0.25) is 4.68 Å². The van der Waals surface area contributed by atoms with Crippen LogP contribution in [0.4, 0.5) is 10.5 Å². The van der Waals surface area contributed by atoms with Gasteiger partial charge in [-0.1, -0.05) is 0 Å². The molecule has 0 saturated carbocycles. The van der Waals surface area contributed by atoms with Crippen molar-refractivity contribution in [2.24, 2.45) is 0 Å². The van der Waals surface area contributed by atoms with Crippen LogP contribution in [0.5, 0.6) is 0 Å². The second-order valence-corrected chi connectivity index (χ2v) is 6.49. The van der Waals surface area contributed by atoms with Gasteiger partial charge in [-0.15, -0.1) is 11.3 Å². The van der Waals surface area contributed by atoms with Crippen molar-refractivity contribution >= 4 is 23.1 Å². The summed E-state index contributed by atoms with van der Waals surface area (Å²) in [6.07, 6.45) is 6.58. The predicted molar refractivity (Wildman–Crippen MR) is 90.1 cm³/mol. The van der Waals surface area contributed by atoms with Crippen molar-refractivity contribution in [3.05, 3.63) is 29.0 Å². The molecule has 3 heterocycles. The monoisotopic (exact) mass is 351 g/mol. The number of anilines is 1. The normalized spacial score (nSPS) is 16.7. The third-order valence-electron chi connectivity index (χ3n) is 3.96. The van der Waals surface area contributed by atoms with E-state index in [-0.39, 0.29) is 6.03 Å². The van der Waals surface area contributed by atoms with Crippen LogP contribution in [0.1, 0.15) is 17.8 Å². The fraction of sp³-hybridized carbons (Fsp3) is 0.533. The lowest BCUT2D eigenvalue weighted by Crippen LogP contribution is -2.50. The summed E-state index contributed by atoms with van der Waals surface area (Å²) in [5, 5.41) is 12.9. The van der Waals surface area contributed by atoms with Crippen LogP contribution < -0.4 is 10.6 Å². The van der Waals surface area contributed by atoms with Crippen LogP contribution in [0.3, 0.4) is 0 Å². The smallest absolute Gasteiger partial charge is 0.320 e. The summed E-state index contributed by atoms with van der Waals surface area (Å²) >= 11 is 1.55. The molecule has 24 heavy (non-hydrogen) atoms. The Hall–Kier alpha value is -1.97. The van der Waals surface area contributed by atoms with Gasteiger partial charge in [-0.05, 0) is 0 Å². The Morgan fingerprint density at radius 1 is 1.50 bits per heavy atom. The third kappa shape index (κ3) is 3.92. The van der Waals surface area contributed by atoms with Crippen molar-refractivity contribution in [3.8, 4) is 0 Å². The highest BCUT2D eigenvalue weighted by atomic mass is 32.1. The lowest BCUT2D eigenvalue weighted by Gasteiger charge is -2.36. The number of hydrogen-bond acceptors (Lipinski definition) is 6. The van der Waals surface area contributed by atoms with Gasteiger partial charge in [0.05, 0.1) is 30.6 Å². The number of carbonyl (C=O) groups is 1. The van der Waals surface area contributed by atoms with Crippen molar-refractivity contribution in [2.75, 3.05) is 32.2 Å². The minimum atomic E-state index is -0.470. The summed E-state index contributed by atoms with van der Waals surface area (Å²) in [5.74, 6) is 0. The molecule has 1 fully saturated rings. The summed E-state index contributed by atoms with van der Waals surface area (Å²) in [7, 11) is 1.64. The Balaban J connectivity index is 1.64. The number of rotatable bonds is 6. The number of amides is 2. The van der Waals surface area contributed by atoms with E-state index in [1.165, 1.54) is 0 Å². The number of hydrogen-bond donors (Lipinski definition) is 2. The molecule has 2 aromatic rings. The highest BCUT2D eigenvalue weighted by Crippen LogP contribution is 2.33. The lowest BCUT2D eigenvalue weighted by molar-refractivity contribution is 0.0417. The van der Waals surface area contributed by atoms with Crippen molar-refractivity contribution in [1.29, 1.82) is 0 Å². The van der Waals surface area contributed by atoms with Crippen LogP contribution in [0.15, 0.2) is 24.0 Å². The Labute approximate surface area is 144 Å². The minimum absolute atomic E-state index is 0.265. The first kappa shape index (κ1) is 16.9. The number of thiazole rings is 1. The van der Waals surface area contributed by atoms with Gasteiger partial charge in [0.15, 0.2) is 0 Å². The van der Waals surface area contributed by atoms with Crippen LogP contribution in [-0.2, 0) is 21.6 Å². The van der Waals surface area contributed by atoms with Crippen LogP contribution in [0.2, 0.25) is 0 Å². The van der Waals surface area contributed by atoms with Gasteiger partial charge in [-0.25, -0.2) is 9.78 Å². The molecule has 2 amide bonds. The second kappa shape index (κ2) is 7.73. The first-order valence-corrected chi connectivity index (χ1v) is 8.68. The number of nitrogens with zero attached hydrogens (tertiary/aromatic N) is 3. The van der Waals surface area contributed by atoms with E-state index < -0.39 is 5.54 Å². The molecule has 9 heteroatoms. The maximum Gasteiger partial charge on any atom is 0.320 e. The number of urea groups is 1. The number of methoxy groups -OCH3 is 1. The lowest BCUT2D eigenvalue weighted by atomic mass is 9.91. The maximum atomic E-state index is 12.5. The Bertz CT molecular complexity index is 652. The molecule has 2 aromatic heterocycles. The molecule has 0 aromatic carbocycles. The van der Waals surface area contributed by atoms with E-state index in [0.717, 1.165) is 5.01 Å². The molecule has 0 unspecified atom stereocenters. The van der Waals surface area contributed by atoms with Gasteiger partial charge < -0.3 is 20.1 Å². The van der Waals surface area contributed by atoms with Crippen molar-refractivity contribution in [3.63, 3.8) is 0 Å². The van der Waals surface area contributed by atoms with Crippen molar-refractivity contribution in [2.45, 2.75) is 24.9 Å². The number of aromatic nitrogens is 3. The minimum Gasteiger partial charge on any atom is -0.383 e. The number of nitrogens with one attached hydrogen (secondary N) is 2. The first-order valence-electron chi connectivity index (χ1n) is 7.80. The van der Waals surface area contributed by atoms with Crippen LogP contribution in [-0.4, -0.2) is 47.7 Å². The van der Waals surface area contributed by atoms with E-state index in [4.69, 9.17) is 9.47 Å². The highest BCUT2D eigenvalue weighted by Gasteiger charge is 2.38. The average molecular weight is 351 g/mol. The molecule has 130 valence electrons. The predicted octanol–water partition coefficient (Wildman–Crippen LogP) is 1.81. The molecule has 0 aliphatic carbocycles. The standard InChI is InChI=1S/C15H21N5O3S/c1-22-8-5-20-11-12(10-17-20)18-14(21)19-15(2-6-23-7-3-15)13-16-4-9-24-13/h4,9-11H,2-3,5-8H2,1H3,(H2,18,19,21). The van der Waals surface area contributed by atoms with Crippen LogP contribution >= 0.6 is 11.3 Å². The molecule has 0 bridgehead atoms. The van der Waals surface area contributed by atoms with Crippen molar-refractivity contribution in [1.82, 2.24) is 20.1 Å². The molecule has 0 radical (unpaired) electrons. The molecule has 0 spiro atoms. The summed E-state index contributed by atoms with van der Waals surface area (Å²) in [4.78, 5) is 16.9. The average Bonchev–Trinajstić information content (AvgIpc) is 3.26. The van der Waals surface area contributed by atoms with Gasteiger partial charge in [0.2, 0.25) is 0 Å². The van der Waals surface area contributed by atoms with Gasteiger partial charge in [-0.2, -0.15) is 5.10 Å². The Morgan fingerprint density at radius 3 is 3.04 bits per heavy atom. The first-order chi connectivity index (χ1) is 11.7. The molecular weight excluding hydrogens is 330 g/mol. The maximum absolute atomic E-state index is 12.5. The Kier molecular flexibility index (Phi) is 5.44. The highest BCUT2D eigenvalue weighted by molar-refractivity contribution is 7.09. The van der Waals surface area contributed by atoms with Gasteiger partial charge in [0.1, 0.15) is 5.01 Å². The van der Waals surface area contributed by atoms with E-state index in [1.807, 2.05) is 5.38 Å². The van der Waals surface area contributed by atoms with Gasteiger partial charge in [0.25, 0.3) is 0 Å². The fourth-order valence-corrected chi connectivity index (χ4v) is 3.54. The molecule has 3 rings (SSSR count). The zero-order valence-electron chi connectivity index (χ0n) is 13.5. The summed E-state index contributed by atoms with van der Waals surface area (Å²) in [6.45, 7) is 2.42. The van der Waals surface area contributed by atoms with Crippen LogP contribution in [0, 0.1) is 0 Å². The van der Waals surface area contributed by atoms with Crippen LogP contribution in [0.25, 0.3) is 0 Å². The van der Waals surface area contributed by atoms with Gasteiger partial charge >= 0.3 is 6.03 Å². The van der Waals surface area contributed by atoms with E-state index in [0.29, 0.717) is 44.9 Å². The molecule has 1 saturated heterocycles. The van der Waals surface area contributed by atoms with Gasteiger partial charge in [0, 0.05) is 50.9 Å². The number of ether oxygens (including phenoxy) is 2. The third-order valence-corrected chi connectivity index (χ3v) is 4.93. The summed E-state index contributed by atoms with van der Waals surface area (Å²) < 4.78 is 12.2. The Morgan fingerprint density at radius 2 is 2.33 bits per heavy atom. The van der Waals surface area contributed by atoms with E-state index in [1.54, 1.807) is 41.7 Å². The summed E-state index contributed by atoms with van der Waals surface area (Å²) in [6, 6.07) is -0.265. The quantitative estimate of drug-likeness (QED) is 0.828. The zero-order valence-corrected chi connectivity index (χ0v) is 14.3. The SMILES string of the molecule is COCCn1cc(NC(=O)NC2(c3nccs3)CCOCC2)cn1. The molecule has 8 nitrogen and oxygen atoms in total. The molecule has 1 aliphatic rings. The van der Waals surface area contributed by atoms with E-state index >= 15 is 0 Å². The summed E-state index contributed by atoms with van der Waals surface area (Å²) in [5.41, 5.74) is 0.174. The van der Waals surface area contributed by atoms with Crippen molar-refractivity contribution < 1.29 is 14.3 Å². The van der Waals surface area contributed by atoms with E-state index in [9.17, 15) is 4.79 Å². The molecular formula is C15H21N5O3S. The van der Waals surface area contributed by atoms with E-state index in [2.05, 4.69) is 20.7 Å². The molecule has 1 aliphatic heterocycles. The fourth-order valence-electron chi connectivity index (χ4n) is 2.69.